The van der Waals surface area contributed by atoms with Gasteiger partial charge in [0, 0.05) is 24.6 Å². The Morgan fingerprint density at radius 3 is 2.39 bits per heavy atom. The largest absolute Gasteiger partial charge is 0.481 e. The minimum Gasteiger partial charge on any atom is -0.481 e. The molecule has 1 fully saturated rings. The standard InChI is InChI=1S/C25H29FN2O3/c1-25(2,3)31-24(29)28(22-15-21(22)19-10-12-20(26)13-11-19)16-18-7-5-17(6-8-18)9-14-23(27)30-4/h5-14,21-22,27H,15-16H2,1-4H3/b14-9+,27-23?. The van der Waals surface area contributed by atoms with Crippen molar-refractivity contribution in [2.24, 2.45) is 0 Å². The fourth-order valence-electron chi connectivity index (χ4n) is 3.40. The zero-order chi connectivity index (χ0) is 22.6. The summed E-state index contributed by atoms with van der Waals surface area (Å²) in [5.74, 6) is -0.00384. The number of nitrogens with one attached hydrogen (secondary N) is 1. The molecular formula is C25H29FN2O3. The van der Waals surface area contributed by atoms with Crippen molar-refractivity contribution in [1.29, 1.82) is 5.41 Å². The summed E-state index contributed by atoms with van der Waals surface area (Å²) in [5, 5.41) is 7.51. The predicted molar refractivity (Wildman–Crippen MR) is 120 cm³/mol. The fourth-order valence-corrected chi connectivity index (χ4v) is 3.40. The van der Waals surface area contributed by atoms with Crippen LogP contribution in [0.1, 0.15) is 49.8 Å². The Morgan fingerprint density at radius 1 is 1.16 bits per heavy atom. The molecule has 6 heteroatoms. The van der Waals surface area contributed by atoms with Gasteiger partial charge in [-0.15, -0.1) is 0 Å². The molecule has 0 bridgehead atoms. The van der Waals surface area contributed by atoms with Gasteiger partial charge in [-0.3, -0.25) is 5.41 Å². The van der Waals surface area contributed by atoms with Crippen molar-refractivity contribution < 1.29 is 18.7 Å². The van der Waals surface area contributed by atoms with Gasteiger partial charge in [0.1, 0.15) is 11.4 Å². The Balaban J connectivity index is 1.74. The van der Waals surface area contributed by atoms with Gasteiger partial charge in [-0.2, -0.15) is 0 Å². The first-order chi connectivity index (χ1) is 14.7. The highest BCUT2D eigenvalue weighted by Gasteiger charge is 2.46. The Hall–Kier alpha value is -3.15. The van der Waals surface area contributed by atoms with Gasteiger partial charge in [0.15, 0.2) is 0 Å². The lowest BCUT2D eigenvalue weighted by molar-refractivity contribution is 0.0212. The summed E-state index contributed by atoms with van der Waals surface area (Å²) < 4.78 is 23.7. The van der Waals surface area contributed by atoms with Crippen molar-refractivity contribution in [3.63, 3.8) is 0 Å². The number of benzene rings is 2. The molecule has 1 aliphatic carbocycles. The van der Waals surface area contributed by atoms with Gasteiger partial charge in [-0.1, -0.05) is 36.4 Å². The van der Waals surface area contributed by atoms with Gasteiger partial charge >= 0.3 is 6.09 Å². The van der Waals surface area contributed by atoms with E-state index in [9.17, 15) is 9.18 Å². The van der Waals surface area contributed by atoms with Crippen LogP contribution < -0.4 is 0 Å². The molecule has 0 heterocycles. The molecule has 164 valence electrons. The highest BCUT2D eigenvalue weighted by Crippen LogP contribution is 2.45. The summed E-state index contributed by atoms with van der Waals surface area (Å²) in [6.07, 6.45) is 3.86. The molecule has 1 saturated carbocycles. The number of ether oxygens (including phenoxy) is 2. The van der Waals surface area contributed by atoms with E-state index in [0.717, 1.165) is 23.1 Å². The number of hydrogen-bond donors (Lipinski definition) is 1. The molecule has 0 spiro atoms. The van der Waals surface area contributed by atoms with E-state index < -0.39 is 5.60 Å². The molecule has 5 nitrogen and oxygen atoms in total. The molecule has 0 aromatic heterocycles. The van der Waals surface area contributed by atoms with Crippen LogP contribution in [0.3, 0.4) is 0 Å². The normalized spacial score (nSPS) is 18.0. The molecule has 0 aliphatic heterocycles. The first kappa shape index (κ1) is 22.5. The molecule has 3 rings (SSSR count). The third-order valence-electron chi connectivity index (χ3n) is 5.06. The fraction of sp³-hybridized carbons (Fsp3) is 0.360. The summed E-state index contributed by atoms with van der Waals surface area (Å²) in [6, 6.07) is 14.3. The maximum Gasteiger partial charge on any atom is 0.410 e. The average molecular weight is 425 g/mol. The van der Waals surface area contributed by atoms with E-state index in [4.69, 9.17) is 14.9 Å². The Kier molecular flexibility index (Phi) is 6.78. The minimum atomic E-state index is -0.587. The van der Waals surface area contributed by atoms with E-state index in [1.165, 1.54) is 19.2 Å². The average Bonchev–Trinajstić information content (AvgIpc) is 3.50. The number of halogens is 1. The van der Waals surface area contributed by atoms with E-state index in [2.05, 4.69) is 0 Å². The van der Waals surface area contributed by atoms with Crippen LogP contribution in [0.2, 0.25) is 0 Å². The lowest BCUT2D eigenvalue weighted by Crippen LogP contribution is -2.38. The van der Waals surface area contributed by atoms with Crippen molar-refractivity contribution in [1.82, 2.24) is 4.90 Å². The zero-order valence-corrected chi connectivity index (χ0v) is 18.4. The Bertz CT molecular complexity index is 946. The van der Waals surface area contributed by atoms with E-state index in [-0.39, 0.29) is 29.8 Å². The molecule has 2 atom stereocenters. The van der Waals surface area contributed by atoms with Crippen LogP contribution in [0.15, 0.2) is 54.6 Å². The molecular weight excluding hydrogens is 395 g/mol. The highest BCUT2D eigenvalue weighted by molar-refractivity contribution is 5.89. The quantitative estimate of drug-likeness (QED) is 0.474. The number of carbonyl (C=O) groups excluding carboxylic acids is 1. The van der Waals surface area contributed by atoms with Crippen LogP contribution >= 0.6 is 0 Å². The number of carbonyl (C=O) groups is 1. The first-order valence-corrected chi connectivity index (χ1v) is 10.3. The predicted octanol–water partition coefficient (Wildman–Crippen LogP) is 5.76. The molecule has 2 aromatic rings. The van der Waals surface area contributed by atoms with E-state index in [0.29, 0.717) is 6.54 Å². The lowest BCUT2D eigenvalue weighted by Gasteiger charge is -2.28. The molecule has 31 heavy (non-hydrogen) atoms. The summed E-state index contributed by atoms with van der Waals surface area (Å²) >= 11 is 0. The van der Waals surface area contributed by atoms with Crippen molar-refractivity contribution in [2.45, 2.75) is 51.3 Å². The second-order valence-corrected chi connectivity index (χ2v) is 8.71. The van der Waals surface area contributed by atoms with Crippen molar-refractivity contribution in [3.8, 4) is 0 Å². The van der Waals surface area contributed by atoms with Crippen LogP contribution in [0.4, 0.5) is 9.18 Å². The minimum absolute atomic E-state index is 0.0158. The van der Waals surface area contributed by atoms with Crippen LogP contribution in [0, 0.1) is 11.2 Å². The summed E-state index contributed by atoms with van der Waals surface area (Å²) in [7, 11) is 1.46. The van der Waals surface area contributed by atoms with Crippen LogP contribution in [0.25, 0.3) is 6.08 Å². The second kappa shape index (κ2) is 9.33. The summed E-state index contributed by atoms with van der Waals surface area (Å²) in [5.41, 5.74) is 2.36. The molecule has 1 aliphatic rings. The van der Waals surface area contributed by atoms with E-state index in [1.807, 2.05) is 45.0 Å². The van der Waals surface area contributed by atoms with Crippen molar-refractivity contribution >= 4 is 18.1 Å². The molecule has 1 N–H and O–H groups in total. The van der Waals surface area contributed by atoms with Crippen LogP contribution in [-0.4, -0.2) is 35.6 Å². The second-order valence-electron chi connectivity index (χ2n) is 8.71. The van der Waals surface area contributed by atoms with Crippen molar-refractivity contribution in [3.05, 3.63) is 77.1 Å². The highest BCUT2D eigenvalue weighted by atomic mass is 19.1. The van der Waals surface area contributed by atoms with Gasteiger partial charge < -0.3 is 14.4 Å². The third-order valence-corrected chi connectivity index (χ3v) is 5.06. The number of nitrogens with zero attached hydrogens (tertiary/aromatic N) is 1. The van der Waals surface area contributed by atoms with Gasteiger partial charge in [-0.05, 0) is 62.1 Å². The molecule has 0 radical (unpaired) electrons. The zero-order valence-electron chi connectivity index (χ0n) is 18.4. The number of rotatable bonds is 6. The van der Waals surface area contributed by atoms with Gasteiger partial charge in [0.25, 0.3) is 0 Å². The topological polar surface area (TPSA) is 62.6 Å². The Labute approximate surface area is 183 Å². The third kappa shape index (κ3) is 6.41. The van der Waals surface area contributed by atoms with Crippen molar-refractivity contribution in [2.75, 3.05) is 7.11 Å². The number of amides is 1. The molecule has 1 amide bonds. The maximum absolute atomic E-state index is 13.3. The first-order valence-electron chi connectivity index (χ1n) is 10.3. The van der Waals surface area contributed by atoms with Crippen LogP contribution in [-0.2, 0) is 16.0 Å². The smallest absolute Gasteiger partial charge is 0.410 e. The lowest BCUT2D eigenvalue weighted by atomic mass is 10.1. The van der Waals surface area contributed by atoms with Gasteiger partial charge in [0.05, 0.1) is 7.11 Å². The SMILES string of the molecule is COC(=N)/C=C/c1ccc(CN(C(=O)OC(C)(C)C)C2CC2c2ccc(F)cc2)cc1. The van der Waals surface area contributed by atoms with E-state index >= 15 is 0 Å². The van der Waals surface area contributed by atoms with Gasteiger partial charge in [-0.25, -0.2) is 9.18 Å². The van der Waals surface area contributed by atoms with Gasteiger partial charge in [0.2, 0.25) is 5.90 Å². The molecule has 2 aromatic carbocycles. The summed E-state index contributed by atoms with van der Waals surface area (Å²) in [4.78, 5) is 14.7. The number of hydrogen-bond acceptors (Lipinski definition) is 4. The maximum atomic E-state index is 13.3. The summed E-state index contributed by atoms with van der Waals surface area (Å²) in [6.45, 7) is 5.99. The monoisotopic (exact) mass is 424 g/mol. The van der Waals surface area contributed by atoms with Crippen LogP contribution in [0.5, 0.6) is 0 Å². The van der Waals surface area contributed by atoms with E-state index in [1.54, 1.807) is 29.2 Å². The molecule has 0 saturated heterocycles. The molecule has 2 unspecified atom stereocenters. The number of methoxy groups -OCH3 is 1. The Morgan fingerprint density at radius 2 is 1.81 bits per heavy atom.